The van der Waals surface area contributed by atoms with Crippen LogP contribution in [-0.2, 0) is 0 Å². The van der Waals surface area contributed by atoms with Crippen LogP contribution in [0.1, 0.15) is 108 Å². The highest BCUT2D eigenvalue weighted by Gasteiger charge is 2.12. The summed E-state index contributed by atoms with van der Waals surface area (Å²) in [5.74, 6) is 1.34. The van der Waals surface area contributed by atoms with Crippen molar-refractivity contribution < 1.29 is 0 Å². The first-order chi connectivity index (χ1) is 15.1. The summed E-state index contributed by atoms with van der Waals surface area (Å²) in [6.07, 6.45) is 20.7. The number of rotatable bonds is 17. The average Bonchev–Trinajstić information content (AvgIpc) is 3.09. The molecule has 0 unspecified atom stereocenters. The van der Waals surface area contributed by atoms with E-state index in [0.717, 1.165) is 24.4 Å². The van der Waals surface area contributed by atoms with Gasteiger partial charge in [-0.2, -0.15) is 5.10 Å². The van der Waals surface area contributed by atoms with Crippen molar-refractivity contribution in [3.63, 3.8) is 0 Å². The molecule has 2 heterocycles. The number of unbranched alkanes of at least 4 members (excludes halogenated alkanes) is 13. The van der Waals surface area contributed by atoms with Gasteiger partial charge in [0.1, 0.15) is 12.0 Å². The second-order valence-corrected chi connectivity index (χ2v) is 8.82. The molecule has 2 aromatic heterocycles. The van der Waals surface area contributed by atoms with Gasteiger partial charge in [-0.15, -0.1) is 0 Å². The number of aryl methyl sites for hydroxylation is 2. The molecule has 0 amide bonds. The molecule has 2 rings (SSSR count). The molecule has 31 heavy (non-hydrogen) atoms. The predicted molar refractivity (Wildman–Crippen MR) is 132 cm³/mol. The highest BCUT2D eigenvalue weighted by Crippen LogP contribution is 2.22. The SMILES string of the molecule is CCCCCCCCCCCCCCCCNc1ncnc(-n2nc(C)cc2C)c1N. The van der Waals surface area contributed by atoms with E-state index in [2.05, 4.69) is 27.3 Å². The fourth-order valence-electron chi connectivity index (χ4n) is 4.07. The highest BCUT2D eigenvalue weighted by molar-refractivity contribution is 5.69. The van der Waals surface area contributed by atoms with Gasteiger partial charge in [-0.1, -0.05) is 90.4 Å². The fraction of sp³-hybridized carbons (Fsp3) is 0.720. The van der Waals surface area contributed by atoms with Crippen LogP contribution in [-0.4, -0.2) is 26.3 Å². The summed E-state index contributed by atoms with van der Waals surface area (Å²) in [6, 6.07) is 2.02. The molecular weight excluding hydrogens is 384 g/mol. The quantitative estimate of drug-likeness (QED) is 0.272. The van der Waals surface area contributed by atoms with E-state index in [1.54, 1.807) is 11.0 Å². The van der Waals surface area contributed by atoms with Crippen molar-refractivity contribution in [3.05, 3.63) is 23.8 Å². The number of aromatic nitrogens is 4. The zero-order valence-corrected chi connectivity index (χ0v) is 20.1. The molecule has 0 saturated carbocycles. The van der Waals surface area contributed by atoms with E-state index < -0.39 is 0 Å². The van der Waals surface area contributed by atoms with Crippen molar-refractivity contribution in [1.82, 2.24) is 19.7 Å². The third-order valence-electron chi connectivity index (χ3n) is 5.90. The number of nitrogens with two attached hydrogens (primary N) is 1. The van der Waals surface area contributed by atoms with Crippen LogP contribution in [0.25, 0.3) is 5.82 Å². The molecule has 0 radical (unpaired) electrons. The molecular formula is C25H44N6. The van der Waals surface area contributed by atoms with Crippen LogP contribution in [0.15, 0.2) is 12.4 Å². The van der Waals surface area contributed by atoms with Gasteiger partial charge in [0.15, 0.2) is 11.6 Å². The van der Waals surface area contributed by atoms with Crippen LogP contribution in [0, 0.1) is 13.8 Å². The smallest absolute Gasteiger partial charge is 0.182 e. The average molecular weight is 429 g/mol. The van der Waals surface area contributed by atoms with E-state index >= 15 is 0 Å². The normalized spacial score (nSPS) is 11.2. The Bertz CT molecular complexity index is 740. The Labute approximate surface area is 189 Å². The Hall–Kier alpha value is -2.11. The number of nitrogens with zero attached hydrogens (tertiary/aromatic N) is 4. The summed E-state index contributed by atoms with van der Waals surface area (Å²) in [5.41, 5.74) is 8.83. The third kappa shape index (κ3) is 9.28. The Balaban J connectivity index is 1.52. The van der Waals surface area contributed by atoms with Gasteiger partial charge in [0.25, 0.3) is 0 Å². The van der Waals surface area contributed by atoms with E-state index in [0.29, 0.717) is 17.3 Å². The van der Waals surface area contributed by atoms with Crippen molar-refractivity contribution in [2.45, 2.75) is 111 Å². The Morgan fingerprint density at radius 1 is 0.806 bits per heavy atom. The minimum atomic E-state index is 0.555. The van der Waals surface area contributed by atoms with Crippen LogP contribution in [0.5, 0.6) is 0 Å². The van der Waals surface area contributed by atoms with E-state index in [1.165, 1.54) is 83.5 Å². The van der Waals surface area contributed by atoms with Gasteiger partial charge in [-0.25, -0.2) is 14.6 Å². The predicted octanol–water partition coefficient (Wildman–Crippen LogP) is 6.75. The summed E-state index contributed by atoms with van der Waals surface area (Å²) in [7, 11) is 0. The van der Waals surface area contributed by atoms with Gasteiger partial charge in [-0.05, 0) is 26.3 Å². The van der Waals surface area contributed by atoms with Crippen molar-refractivity contribution in [3.8, 4) is 5.82 Å². The van der Waals surface area contributed by atoms with Crippen LogP contribution in [0.4, 0.5) is 11.5 Å². The molecule has 0 bridgehead atoms. The molecule has 6 heteroatoms. The van der Waals surface area contributed by atoms with Crippen LogP contribution >= 0.6 is 0 Å². The third-order valence-corrected chi connectivity index (χ3v) is 5.90. The molecule has 0 aliphatic heterocycles. The topological polar surface area (TPSA) is 81.7 Å². The summed E-state index contributed by atoms with van der Waals surface area (Å²) in [4.78, 5) is 8.64. The monoisotopic (exact) mass is 428 g/mol. The van der Waals surface area contributed by atoms with Gasteiger partial charge in [0, 0.05) is 12.2 Å². The lowest BCUT2D eigenvalue weighted by atomic mass is 10.0. The van der Waals surface area contributed by atoms with E-state index in [-0.39, 0.29) is 0 Å². The van der Waals surface area contributed by atoms with Crippen LogP contribution < -0.4 is 11.1 Å². The number of nitrogens with one attached hydrogen (secondary N) is 1. The van der Waals surface area contributed by atoms with Crippen molar-refractivity contribution in [2.24, 2.45) is 0 Å². The number of nitrogen functional groups attached to an aromatic ring is 1. The fourth-order valence-corrected chi connectivity index (χ4v) is 4.07. The first-order valence-electron chi connectivity index (χ1n) is 12.5. The zero-order valence-electron chi connectivity index (χ0n) is 20.1. The first-order valence-corrected chi connectivity index (χ1v) is 12.5. The number of hydrogen-bond donors (Lipinski definition) is 2. The Kier molecular flexibility index (Phi) is 12.0. The maximum atomic E-state index is 6.31. The van der Waals surface area contributed by atoms with E-state index in [4.69, 9.17) is 5.73 Å². The van der Waals surface area contributed by atoms with Gasteiger partial charge >= 0.3 is 0 Å². The lowest BCUT2D eigenvalue weighted by molar-refractivity contribution is 0.537. The molecule has 0 aliphatic carbocycles. The molecule has 0 spiro atoms. The highest BCUT2D eigenvalue weighted by atomic mass is 15.3. The first kappa shape index (κ1) is 25.2. The standard InChI is InChI=1S/C25H44N6/c1-4-5-6-7-8-9-10-11-12-13-14-15-16-17-18-27-24-23(26)25(29-20-28-24)31-22(3)19-21(2)30-31/h19-20H,4-18,26H2,1-3H3,(H,27,28,29). The van der Waals surface area contributed by atoms with Gasteiger partial charge in [0.2, 0.25) is 0 Å². The molecule has 2 aromatic rings. The largest absolute Gasteiger partial charge is 0.393 e. The lowest BCUT2D eigenvalue weighted by Gasteiger charge is -2.12. The van der Waals surface area contributed by atoms with Crippen molar-refractivity contribution in [2.75, 3.05) is 17.6 Å². The number of hydrogen-bond acceptors (Lipinski definition) is 5. The van der Waals surface area contributed by atoms with E-state index in [1.807, 2.05) is 19.9 Å². The molecule has 0 aliphatic rings. The zero-order chi connectivity index (χ0) is 22.3. The van der Waals surface area contributed by atoms with Crippen molar-refractivity contribution >= 4 is 11.5 Å². The van der Waals surface area contributed by atoms with Gasteiger partial charge in [-0.3, -0.25) is 0 Å². The van der Waals surface area contributed by atoms with Gasteiger partial charge < -0.3 is 11.1 Å². The molecule has 0 saturated heterocycles. The molecule has 6 nitrogen and oxygen atoms in total. The van der Waals surface area contributed by atoms with E-state index in [9.17, 15) is 0 Å². The molecule has 3 N–H and O–H groups in total. The van der Waals surface area contributed by atoms with Crippen molar-refractivity contribution in [1.29, 1.82) is 0 Å². The maximum absolute atomic E-state index is 6.31. The summed E-state index contributed by atoms with van der Waals surface area (Å²) < 4.78 is 1.78. The summed E-state index contributed by atoms with van der Waals surface area (Å²) in [5, 5.41) is 7.85. The van der Waals surface area contributed by atoms with Gasteiger partial charge in [0.05, 0.1) is 5.69 Å². The lowest BCUT2D eigenvalue weighted by Crippen LogP contribution is -2.12. The van der Waals surface area contributed by atoms with Crippen LogP contribution in [0.3, 0.4) is 0 Å². The number of anilines is 2. The Morgan fingerprint density at radius 3 is 1.87 bits per heavy atom. The molecule has 174 valence electrons. The summed E-state index contributed by atoms with van der Waals surface area (Å²) in [6.45, 7) is 7.14. The second-order valence-electron chi connectivity index (χ2n) is 8.82. The second kappa shape index (κ2) is 14.8. The molecule has 0 fully saturated rings. The molecule has 0 atom stereocenters. The minimum absolute atomic E-state index is 0.555. The maximum Gasteiger partial charge on any atom is 0.182 e. The summed E-state index contributed by atoms with van der Waals surface area (Å²) >= 11 is 0. The minimum Gasteiger partial charge on any atom is -0.393 e. The van der Waals surface area contributed by atoms with Crippen LogP contribution in [0.2, 0.25) is 0 Å². The Morgan fingerprint density at radius 2 is 1.35 bits per heavy atom. The molecule has 0 aromatic carbocycles.